The van der Waals surface area contributed by atoms with E-state index in [2.05, 4.69) is 149 Å². The zero-order valence-corrected chi connectivity index (χ0v) is 71.3. The maximum atomic E-state index is 11.6. The molecule has 0 rings (SSSR count). The molecule has 0 aliphatic rings. The predicted molar refractivity (Wildman–Crippen MR) is 421 cm³/mol. The van der Waals surface area contributed by atoms with Crippen LogP contribution in [0, 0.1) is 41.4 Å². The van der Waals surface area contributed by atoms with Crippen molar-refractivity contribution in [3.05, 3.63) is 0 Å². The van der Waals surface area contributed by atoms with Gasteiger partial charge >= 0.3 is 12.3 Å². The lowest BCUT2D eigenvalue weighted by atomic mass is 10.1. The fourth-order valence-electron chi connectivity index (χ4n) is 4.88. The number of phosphoric acid groups is 1. The summed E-state index contributed by atoms with van der Waals surface area (Å²) in [5.74, 6) is 4.71. The molecular weight excluding hydrogens is 1460 g/mol. The average molecular weight is 1570 g/mol. The molecule has 0 bridgehead atoms. The first-order valence-electron chi connectivity index (χ1n) is 27.6. The molecule has 87 heavy (non-hydrogen) atoms. The van der Waals surface area contributed by atoms with Gasteiger partial charge in [0.05, 0.1) is 40.1 Å². The monoisotopic (exact) mass is 1570 g/mol. The summed E-state index contributed by atoms with van der Waals surface area (Å²) in [6.07, 6.45) is 14.0. The van der Waals surface area contributed by atoms with Gasteiger partial charge in [-0.3, -0.25) is 14.2 Å². The third-order valence-electron chi connectivity index (χ3n) is 9.85. The fraction of sp³-hybridized carbons (Fsp3) is 0.889. The van der Waals surface area contributed by atoms with E-state index in [0.29, 0.717) is 46.7 Å². The Morgan fingerprint density at radius 2 is 0.943 bits per heavy atom. The van der Waals surface area contributed by atoms with Gasteiger partial charge in [-0.15, -0.1) is 0 Å². The molecule has 8 atom stereocenters. The van der Waals surface area contributed by atoms with E-state index in [-0.39, 0.29) is 57.6 Å². The number of hydrogen-bond acceptors (Lipinski definition) is 30. The molecule has 0 radical (unpaired) electrons. The zero-order valence-electron chi connectivity index (χ0n) is 56.6. The second-order valence-corrected chi connectivity index (χ2v) is 41.8. The first-order chi connectivity index (χ1) is 40.5. The Balaban J connectivity index is -0.000000173. The van der Waals surface area contributed by atoms with Crippen LogP contribution in [-0.4, -0.2) is 177 Å². The Kier molecular flexibility index (Phi) is 82.9. The molecule has 15 nitrogen and oxygen atoms in total. The Morgan fingerprint density at radius 1 is 0.540 bits per heavy atom. The van der Waals surface area contributed by atoms with E-state index < -0.39 is 20.1 Å². The summed E-state index contributed by atoms with van der Waals surface area (Å²) >= 11 is 10.3. The molecule has 0 aliphatic heterocycles. The molecule has 0 spiro atoms. The quantitative estimate of drug-likeness (QED) is 0.0155. The molecular formula is C54H109N3O12PS17-. The summed E-state index contributed by atoms with van der Waals surface area (Å²) in [5, 5.41) is 7.15. The molecule has 0 aromatic carbocycles. The molecule has 1 N–H and O–H groups in total. The van der Waals surface area contributed by atoms with Crippen molar-refractivity contribution in [3.63, 3.8) is 0 Å². The summed E-state index contributed by atoms with van der Waals surface area (Å²) in [7, 11) is 23.1. The highest BCUT2D eigenvalue weighted by Crippen LogP contribution is 2.37. The molecule has 0 saturated heterocycles. The fourth-order valence-corrected chi connectivity index (χ4v) is 22.1. The van der Waals surface area contributed by atoms with Gasteiger partial charge in [-0.2, -0.15) is 4.99 Å². The molecule has 0 aromatic heterocycles. The largest absolute Gasteiger partial charge is 0.756 e. The van der Waals surface area contributed by atoms with Crippen LogP contribution in [0.15, 0.2) is 9.98 Å². The number of thioether (sulfide) groups is 1. The number of hydrogen-bond donors (Lipinski definition) is 1. The summed E-state index contributed by atoms with van der Waals surface area (Å²) in [5.41, 5.74) is -0.142. The van der Waals surface area contributed by atoms with Gasteiger partial charge in [0.25, 0.3) is 7.82 Å². The van der Waals surface area contributed by atoms with E-state index >= 15 is 0 Å². The minimum atomic E-state index is -4.56. The summed E-state index contributed by atoms with van der Waals surface area (Å²) < 4.78 is 34.2. The zero-order chi connectivity index (χ0) is 69.3. The van der Waals surface area contributed by atoms with Crippen LogP contribution in [0.5, 0.6) is 0 Å². The maximum absolute atomic E-state index is 11.6. The van der Waals surface area contributed by atoms with Crippen LogP contribution in [-0.2, 0) is 37.6 Å². The highest BCUT2D eigenvalue weighted by Gasteiger charge is 2.24. The maximum Gasteiger partial charge on any atom is 0.510 e. The topological polar surface area (TPSA) is 203 Å². The lowest BCUT2D eigenvalue weighted by molar-refractivity contribution is -0.219. The molecule has 0 fully saturated rings. The number of isothiocyanates is 2. The van der Waals surface area contributed by atoms with Gasteiger partial charge < -0.3 is 38.2 Å². The summed E-state index contributed by atoms with van der Waals surface area (Å²) in [6, 6.07) is 0. The van der Waals surface area contributed by atoms with Crippen LogP contribution >= 0.6 is 195 Å². The Bertz CT molecular complexity index is 1790. The Hall–Kier alpha value is 2.64. The average Bonchev–Trinajstić information content (AvgIpc) is 3.60. The molecule has 0 saturated carbocycles. The van der Waals surface area contributed by atoms with Crippen molar-refractivity contribution < 1.29 is 57.0 Å². The third-order valence-corrected chi connectivity index (χ3v) is 28.7. The Labute approximate surface area is 599 Å². The SMILES string of the molecule is CCC(SSC)C(C)C.CSSC(C(=O)N(C)C)C(C)C.CSSC(CN=C=S)C(C)C.CSSC(COC(=O)OCN=C=S)C(C)C.CSSC(COP(=O)([O-])O)C(C)C.CSSC(CSC(C)=O)C(C)C.CSSC(OC(=O)OC(C)C)C(C)C. The second kappa shape index (κ2) is 70.0. The number of rotatable bonds is 36. The lowest BCUT2D eigenvalue weighted by Crippen LogP contribution is -2.34. The molecule has 8 unspecified atom stereocenters. The van der Waals surface area contributed by atoms with Crippen molar-refractivity contribution in [1.82, 2.24) is 4.90 Å². The highest BCUT2D eigenvalue weighted by molar-refractivity contribution is 8.78. The molecule has 0 heterocycles. The van der Waals surface area contributed by atoms with Crippen molar-refractivity contribution in [3.8, 4) is 0 Å². The van der Waals surface area contributed by atoms with Gasteiger partial charge in [-0.25, -0.2) is 14.6 Å². The minimum absolute atomic E-state index is 0.0282. The minimum Gasteiger partial charge on any atom is -0.756 e. The number of amides is 1. The number of aliphatic imine (C=N–C) groups is 2. The van der Waals surface area contributed by atoms with E-state index in [9.17, 15) is 28.6 Å². The number of ether oxygens (including phenoxy) is 4. The van der Waals surface area contributed by atoms with E-state index in [1.165, 1.54) is 29.0 Å². The van der Waals surface area contributed by atoms with Gasteiger partial charge in [0.15, 0.2) is 17.3 Å². The van der Waals surface area contributed by atoms with E-state index in [0.717, 1.165) is 23.5 Å². The van der Waals surface area contributed by atoms with Gasteiger partial charge in [0.2, 0.25) is 5.91 Å². The van der Waals surface area contributed by atoms with Crippen LogP contribution < -0.4 is 4.89 Å². The van der Waals surface area contributed by atoms with Crippen LogP contribution in [0.25, 0.3) is 0 Å². The number of carbonyl (C=O) groups excluding carboxylic acids is 4. The molecule has 0 aliphatic carbocycles. The van der Waals surface area contributed by atoms with Crippen molar-refractivity contribution in [2.24, 2.45) is 51.4 Å². The Morgan fingerprint density at radius 3 is 1.26 bits per heavy atom. The molecule has 33 heteroatoms. The smallest absolute Gasteiger partial charge is 0.510 e. The van der Waals surface area contributed by atoms with Crippen LogP contribution in [0.3, 0.4) is 0 Å². The van der Waals surface area contributed by atoms with Crippen molar-refractivity contribution in [2.45, 2.75) is 174 Å². The number of thiocarbonyl (C=S) groups is 2. The van der Waals surface area contributed by atoms with E-state index in [4.69, 9.17) is 19.1 Å². The van der Waals surface area contributed by atoms with Gasteiger partial charge in [0, 0.05) is 53.7 Å². The summed E-state index contributed by atoms with van der Waals surface area (Å²) in [4.78, 5) is 72.3. The number of carbonyl (C=O) groups is 4. The van der Waals surface area contributed by atoms with E-state index in [1.54, 1.807) is 137 Å². The van der Waals surface area contributed by atoms with Crippen molar-refractivity contribution in [1.29, 1.82) is 0 Å². The first kappa shape index (κ1) is 103. The standard InChI is InChI=1S/C9H15NO3S3.C9H18O3S2.C8H17NOS2.C8H16OS3.C7H13NS3.C7H16S2.C6H15O4PS2/c1-7(2)8(16-15-3)4-12-9(11)13-5-10-6-14;1-6(2)8(14-13-5)12-9(10)11-7(3)4;1-6(2)7(12-11-5)8(10)9(3)4;1-6(2)8(12-10-4)5-11-7(3)9;1-6(2)7(11-10-3)4-8-5-9;1-5-7(6(2)3)9-8-4;1-5(2)6(13-12-3)4-10-11(7,8)9/h7-8H,4-5H2,1-3H3;6-8H,1-5H3;6-7H,1-5H3;6,8H,5H2,1-4H3;6-7H,4H2,1-3H3;6-7H,5H2,1-4H3;5-6H,4H2,1-3H3,(H2,7,8,9)/p-1. The van der Waals surface area contributed by atoms with Crippen LogP contribution in [0.2, 0.25) is 0 Å². The number of nitrogens with zero attached hydrogens (tertiary/aromatic N) is 3. The summed E-state index contributed by atoms with van der Waals surface area (Å²) in [6.45, 7) is 38.2. The van der Waals surface area contributed by atoms with Gasteiger partial charge in [-0.05, 0) is 135 Å². The molecule has 520 valence electrons. The second-order valence-electron chi connectivity index (χ2n) is 20.3. The number of phosphoric ester groups is 1. The van der Waals surface area contributed by atoms with Gasteiger partial charge in [0.1, 0.15) is 6.61 Å². The molecule has 0 aromatic rings. The van der Waals surface area contributed by atoms with Crippen molar-refractivity contribution >= 4 is 229 Å². The first-order valence-corrected chi connectivity index (χ1v) is 49.2. The normalized spacial score (nSPS) is 13.8. The van der Waals surface area contributed by atoms with Crippen molar-refractivity contribution in [2.75, 3.05) is 90.1 Å². The van der Waals surface area contributed by atoms with E-state index in [1.807, 2.05) is 95.9 Å². The van der Waals surface area contributed by atoms with Crippen LogP contribution in [0.4, 0.5) is 9.59 Å². The highest BCUT2D eigenvalue weighted by atomic mass is 33.1. The van der Waals surface area contributed by atoms with Gasteiger partial charge in [-0.1, -0.05) is 256 Å². The third kappa shape index (κ3) is 74.3. The van der Waals surface area contributed by atoms with Crippen LogP contribution in [0.1, 0.15) is 131 Å². The predicted octanol–water partition coefficient (Wildman–Crippen LogP) is 20.2. The molecule has 1 amide bonds. The lowest BCUT2D eigenvalue weighted by Gasteiger charge is -2.22.